The SMILES string of the molecule is c1ccc2c(c1)nc1n(-c3ccc4c(c3)n3c5ccccc5nc3n4-c3cccc4c3oc3cccc(-n5c6ccccc6n6c7ccccc7nc56)c34)c3ccccc3n21.c1ccc2c(c1)nc1n(-c3cccc4c3oc3cccc(-n5c6ccc(-n7c8ccccc8c8ccccc87)cc6n6c7ccccc7nc56)c34)c3ccc(-n4c5ccccc5c5ccccc54)cc3n21. The maximum atomic E-state index is 7.12. The molecule has 32 rings (SSSR count). The molecule has 0 amide bonds. The first-order valence-electron chi connectivity index (χ1n) is 44.4. The van der Waals surface area contributed by atoms with Crippen LogP contribution in [0.15, 0.2) is 403 Å². The number of aromatic nitrogens is 17. The van der Waals surface area contributed by atoms with E-state index in [1.807, 2.05) is 18.2 Å². The van der Waals surface area contributed by atoms with Crippen molar-refractivity contribution in [2.75, 3.05) is 0 Å². The van der Waals surface area contributed by atoms with E-state index in [-0.39, 0.29) is 0 Å². The van der Waals surface area contributed by atoms with Gasteiger partial charge in [0.1, 0.15) is 11.2 Å². The Kier molecular flexibility index (Phi) is 13.6. The lowest BCUT2D eigenvalue weighted by Crippen LogP contribution is -1.97. The third-order valence-corrected chi connectivity index (χ3v) is 27.6. The van der Waals surface area contributed by atoms with Gasteiger partial charge in [-0.25, -0.2) is 24.9 Å². The molecule has 19 nitrogen and oxygen atoms in total. The number of imidazole rings is 10. The molecule has 32 aromatic rings. The molecule has 0 N–H and O–H groups in total. The minimum absolute atomic E-state index is 0.780. The van der Waals surface area contributed by atoms with E-state index in [1.54, 1.807) is 0 Å². The van der Waals surface area contributed by atoms with Crippen LogP contribution in [0, 0.1) is 0 Å². The Hall–Kier alpha value is -18.5. The number of hydrogen-bond donors (Lipinski definition) is 0. The fraction of sp³-hybridized carbons (Fsp3) is 0. The molecule has 0 atom stereocenters. The van der Waals surface area contributed by atoms with Gasteiger partial charge in [0, 0.05) is 43.7 Å². The Morgan fingerprint density at radius 3 is 0.735 bits per heavy atom. The first kappa shape index (κ1) is 69.8. The van der Waals surface area contributed by atoms with E-state index < -0.39 is 0 Å². The number of furan rings is 2. The van der Waals surface area contributed by atoms with Crippen LogP contribution in [0.25, 0.3) is 267 Å². The van der Waals surface area contributed by atoms with Crippen LogP contribution < -0.4 is 0 Å². The Morgan fingerprint density at radius 2 is 0.394 bits per heavy atom. The van der Waals surface area contributed by atoms with Crippen molar-refractivity contribution in [2.45, 2.75) is 0 Å². The van der Waals surface area contributed by atoms with E-state index >= 15 is 0 Å². The van der Waals surface area contributed by atoms with E-state index in [2.05, 4.69) is 430 Å². The minimum atomic E-state index is 0.780. The molecule has 0 aliphatic carbocycles. The molecule has 0 saturated carbocycles. The molecular formula is C113H65N17O2. The predicted molar refractivity (Wildman–Crippen MR) is 532 cm³/mol. The summed E-state index contributed by atoms with van der Waals surface area (Å²) in [5.74, 6) is 4.18. The van der Waals surface area contributed by atoms with E-state index in [9.17, 15) is 0 Å². The summed E-state index contributed by atoms with van der Waals surface area (Å²) in [6.07, 6.45) is 0. The quantitative estimate of drug-likeness (QED) is 0.154. The summed E-state index contributed by atoms with van der Waals surface area (Å²) in [5, 5.41) is 8.97. The standard InChI is InChI=1S/C62H36N8O.C51H29N9O/c1-7-22-46-39(15-1)40-16-2-8-23-47(40)65(46)37-31-33-52-56(35-37)67-50-26-11-5-20-44(50)63-61(67)69(52)54-28-14-30-58-59(54)43-19-13-29-55(60(43)71-58)70-53-34-32-38(36-57(53)68-51-27-12-6-21-45(51)64-62(68)70)66-48-24-9-3-17-41(48)42-18-4-10-25-49(42)66;1-4-17-35-32(14-1)52-49-55(38-20-7-8-21-39(38)56(35)49)30-27-28-42-45(29-30)58-37-19-6-3-16-34(37)54-51(58)60(42)44-25-11-13-31-47-43(24-12-26-46(47)61-48(31)44)59-41-23-10-9-22-40(41)57-36-18-5-2-15-33(36)53-50(57)59/h1-36H;1-29H. The number of nitrogens with zero attached hydrogens (tertiary/aromatic N) is 17. The molecule has 14 aromatic heterocycles. The molecule has 0 spiro atoms. The summed E-state index contributed by atoms with van der Waals surface area (Å²) in [6, 6.07) is 139. The summed E-state index contributed by atoms with van der Waals surface area (Å²) in [6.45, 7) is 0. The Labute approximate surface area is 743 Å². The van der Waals surface area contributed by atoms with Crippen molar-refractivity contribution in [3.05, 3.63) is 394 Å². The normalized spacial score (nSPS) is 12.5. The van der Waals surface area contributed by atoms with Gasteiger partial charge in [-0.15, -0.1) is 0 Å². The Bertz CT molecular complexity index is 10600. The van der Waals surface area contributed by atoms with Gasteiger partial charge in [-0.3, -0.25) is 44.8 Å². The molecule has 0 radical (unpaired) electrons. The summed E-state index contributed by atoms with van der Waals surface area (Å²) in [5.41, 5.74) is 35.4. The zero-order valence-corrected chi connectivity index (χ0v) is 69.9. The number of para-hydroxylation sites is 20. The number of benzene rings is 18. The van der Waals surface area contributed by atoms with Gasteiger partial charge in [-0.2, -0.15) is 0 Å². The van der Waals surface area contributed by atoms with Crippen LogP contribution in [0.4, 0.5) is 0 Å². The van der Waals surface area contributed by atoms with Gasteiger partial charge >= 0.3 is 0 Å². The first-order chi connectivity index (χ1) is 65.5. The molecule has 14 heterocycles. The summed E-state index contributed by atoms with van der Waals surface area (Å²) in [7, 11) is 0. The highest BCUT2D eigenvalue weighted by atomic mass is 16.3. The van der Waals surface area contributed by atoms with Crippen molar-refractivity contribution in [3.63, 3.8) is 0 Å². The second kappa shape index (κ2) is 25.7. The van der Waals surface area contributed by atoms with Gasteiger partial charge in [0.25, 0.3) is 0 Å². The molecule has 0 aliphatic heterocycles. The molecule has 132 heavy (non-hydrogen) atoms. The van der Waals surface area contributed by atoms with E-state index in [0.29, 0.717) is 0 Å². The average Bonchev–Trinajstić information content (AvgIpc) is 1.54. The largest absolute Gasteiger partial charge is 0.454 e. The molecule has 0 bridgehead atoms. The van der Waals surface area contributed by atoms with Crippen molar-refractivity contribution in [3.8, 4) is 39.8 Å². The number of fused-ring (bicyclic) bond motifs is 37. The Balaban J connectivity index is 0.000000126. The van der Waals surface area contributed by atoms with Gasteiger partial charge in [-0.05, 0) is 200 Å². The van der Waals surface area contributed by atoms with Gasteiger partial charge in [0.2, 0.25) is 28.9 Å². The van der Waals surface area contributed by atoms with Crippen LogP contribution in [-0.4, -0.2) is 78.9 Å². The lowest BCUT2D eigenvalue weighted by molar-refractivity contribution is 0.665. The molecule has 0 saturated heterocycles. The van der Waals surface area contributed by atoms with Crippen LogP contribution in [0.1, 0.15) is 0 Å². The molecule has 0 aliphatic rings. The first-order valence-corrected chi connectivity index (χ1v) is 44.4. The van der Waals surface area contributed by atoms with Crippen molar-refractivity contribution in [1.29, 1.82) is 0 Å². The molecule has 0 unspecified atom stereocenters. The number of hydrogen-bond acceptors (Lipinski definition) is 7. The van der Waals surface area contributed by atoms with Crippen molar-refractivity contribution in [2.24, 2.45) is 0 Å². The lowest BCUT2D eigenvalue weighted by Gasteiger charge is -2.10. The maximum absolute atomic E-state index is 7.12. The lowest BCUT2D eigenvalue weighted by atomic mass is 10.1. The zero-order chi connectivity index (χ0) is 85.6. The highest BCUT2D eigenvalue weighted by Crippen LogP contribution is 2.47. The average molecular weight is 1690 g/mol. The van der Waals surface area contributed by atoms with Gasteiger partial charge in [0.05, 0.1) is 172 Å². The fourth-order valence-electron chi connectivity index (χ4n) is 22.2. The maximum Gasteiger partial charge on any atom is 0.220 e. The summed E-state index contributed by atoms with van der Waals surface area (Å²) in [4.78, 5) is 26.4. The van der Waals surface area contributed by atoms with Crippen LogP contribution in [0.2, 0.25) is 0 Å². The van der Waals surface area contributed by atoms with Gasteiger partial charge < -0.3 is 18.0 Å². The second-order valence-corrected chi connectivity index (χ2v) is 34.4. The third kappa shape index (κ3) is 9.16. The molecule has 614 valence electrons. The minimum Gasteiger partial charge on any atom is -0.454 e. The summed E-state index contributed by atoms with van der Waals surface area (Å²) < 4.78 is 41.7. The predicted octanol–water partition coefficient (Wildman–Crippen LogP) is 27.1. The fourth-order valence-corrected chi connectivity index (χ4v) is 22.2. The highest BCUT2D eigenvalue weighted by Gasteiger charge is 2.31. The van der Waals surface area contributed by atoms with Crippen LogP contribution >= 0.6 is 0 Å². The van der Waals surface area contributed by atoms with E-state index in [4.69, 9.17) is 33.8 Å². The van der Waals surface area contributed by atoms with Crippen LogP contribution in [0.3, 0.4) is 0 Å². The summed E-state index contributed by atoms with van der Waals surface area (Å²) >= 11 is 0. The zero-order valence-electron chi connectivity index (χ0n) is 69.9. The van der Waals surface area contributed by atoms with Gasteiger partial charge in [-0.1, -0.05) is 194 Å². The van der Waals surface area contributed by atoms with Crippen molar-refractivity contribution >= 4 is 227 Å². The smallest absolute Gasteiger partial charge is 0.220 e. The monoisotopic (exact) mass is 1690 g/mol. The number of rotatable bonds is 7. The molecule has 19 heteroatoms. The molecule has 18 aromatic carbocycles. The van der Waals surface area contributed by atoms with E-state index in [0.717, 1.165) is 223 Å². The second-order valence-electron chi connectivity index (χ2n) is 34.4. The Morgan fingerprint density at radius 1 is 0.159 bits per heavy atom. The van der Waals surface area contributed by atoms with Crippen LogP contribution in [-0.2, 0) is 0 Å². The molecular weight excluding hydrogens is 1630 g/mol. The van der Waals surface area contributed by atoms with Crippen molar-refractivity contribution in [1.82, 2.24) is 78.9 Å². The third-order valence-electron chi connectivity index (χ3n) is 27.6. The van der Waals surface area contributed by atoms with Crippen LogP contribution in [0.5, 0.6) is 0 Å². The topological polar surface area (TPSA) is 147 Å². The van der Waals surface area contributed by atoms with E-state index in [1.165, 1.54) is 43.6 Å². The molecule has 0 fully saturated rings. The van der Waals surface area contributed by atoms with Crippen molar-refractivity contribution < 1.29 is 8.83 Å². The van der Waals surface area contributed by atoms with Gasteiger partial charge in [0.15, 0.2) is 11.2 Å². The highest BCUT2D eigenvalue weighted by molar-refractivity contribution is 6.17.